The zero-order chi connectivity index (χ0) is 18.7. The largest absolute Gasteiger partial charge is 0.480 e. The summed E-state index contributed by atoms with van der Waals surface area (Å²) >= 11 is 6.12. The highest BCUT2D eigenvalue weighted by molar-refractivity contribution is 6.31. The first kappa shape index (κ1) is 19.2. The van der Waals surface area contributed by atoms with E-state index in [1.807, 2.05) is 24.4 Å². The minimum atomic E-state index is -0.813. The highest BCUT2D eigenvalue weighted by Gasteiger charge is 2.32. The van der Waals surface area contributed by atoms with Crippen molar-refractivity contribution < 1.29 is 9.90 Å². The number of aromatic amines is 1. The molecule has 7 heteroatoms. The predicted molar refractivity (Wildman–Crippen MR) is 105 cm³/mol. The van der Waals surface area contributed by atoms with Crippen LogP contribution in [0, 0.1) is 0 Å². The molecule has 0 unspecified atom stereocenters. The Morgan fingerprint density at radius 3 is 2.69 bits per heavy atom. The number of benzene rings is 1. The molecule has 0 bridgehead atoms. The van der Waals surface area contributed by atoms with Gasteiger partial charge in [-0.15, -0.1) is 0 Å². The Balaban J connectivity index is 1.69. The van der Waals surface area contributed by atoms with Gasteiger partial charge >= 0.3 is 5.97 Å². The van der Waals surface area contributed by atoms with Crippen molar-refractivity contribution >= 4 is 28.5 Å². The summed E-state index contributed by atoms with van der Waals surface area (Å²) in [4.78, 5) is 21.9. The van der Waals surface area contributed by atoms with Crippen molar-refractivity contribution in [3.8, 4) is 0 Å². The Hall–Kier alpha value is -1.60. The summed E-state index contributed by atoms with van der Waals surface area (Å²) in [5.74, 6) is -0.813. The second-order valence-corrected chi connectivity index (χ2v) is 7.65. The molecule has 2 N–H and O–H groups in total. The number of hydrogen-bond acceptors (Lipinski definition) is 4. The standard InChI is InChI=1S/C19H27ClN4O2/c1-22(2)6-3-7-23-8-10-24(11-9-23)18(19(25)26)16-13-21-17-5-4-14(20)12-15(16)17/h4-5,12-13,18,21H,3,6-11H2,1-2H3,(H,25,26)/t18-/m1/s1. The highest BCUT2D eigenvalue weighted by atomic mass is 35.5. The molecule has 0 saturated carbocycles. The highest BCUT2D eigenvalue weighted by Crippen LogP contribution is 2.31. The van der Waals surface area contributed by atoms with Crippen LogP contribution in [-0.2, 0) is 4.79 Å². The number of nitrogens with one attached hydrogen (secondary N) is 1. The number of carbonyl (C=O) groups is 1. The van der Waals surface area contributed by atoms with E-state index in [2.05, 4.69) is 33.8 Å². The van der Waals surface area contributed by atoms with E-state index in [1.165, 1.54) is 0 Å². The number of carboxylic acid groups (broad SMARTS) is 1. The van der Waals surface area contributed by atoms with E-state index in [9.17, 15) is 9.90 Å². The number of carboxylic acids is 1. The van der Waals surface area contributed by atoms with Gasteiger partial charge in [-0.1, -0.05) is 11.6 Å². The van der Waals surface area contributed by atoms with Gasteiger partial charge in [0.15, 0.2) is 0 Å². The van der Waals surface area contributed by atoms with Crippen molar-refractivity contribution in [1.82, 2.24) is 19.7 Å². The van der Waals surface area contributed by atoms with E-state index in [0.29, 0.717) is 5.02 Å². The van der Waals surface area contributed by atoms with Crippen molar-refractivity contribution in [2.75, 3.05) is 53.4 Å². The lowest BCUT2D eigenvalue weighted by Gasteiger charge is -2.37. The first-order chi connectivity index (χ1) is 12.5. The van der Waals surface area contributed by atoms with E-state index in [4.69, 9.17) is 11.6 Å². The Morgan fingerprint density at radius 2 is 2.04 bits per heavy atom. The fraction of sp³-hybridized carbons (Fsp3) is 0.526. The molecule has 1 aromatic heterocycles. The third-order valence-corrected chi connectivity index (χ3v) is 5.29. The van der Waals surface area contributed by atoms with E-state index in [-0.39, 0.29) is 0 Å². The Morgan fingerprint density at radius 1 is 1.31 bits per heavy atom. The van der Waals surface area contributed by atoms with Crippen molar-refractivity contribution in [2.45, 2.75) is 12.5 Å². The summed E-state index contributed by atoms with van der Waals surface area (Å²) in [6.07, 6.45) is 2.94. The SMILES string of the molecule is CN(C)CCCN1CCN([C@@H](C(=O)O)c2c[nH]c3ccc(Cl)cc23)CC1. The zero-order valence-electron chi connectivity index (χ0n) is 15.4. The van der Waals surface area contributed by atoms with Crippen molar-refractivity contribution in [1.29, 1.82) is 0 Å². The van der Waals surface area contributed by atoms with Crippen molar-refractivity contribution in [2.24, 2.45) is 0 Å². The van der Waals surface area contributed by atoms with E-state index in [1.54, 1.807) is 0 Å². The number of fused-ring (bicyclic) bond motifs is 1. The second kappa shape index (κ2) is 8.39. The molecular weight excluding hydrogens is 352 g/mol. The second-order valence-electron chi connectivity index (χ2n) is 7.21. The number of aromatic nitrogens is 1. The molecule has 6 nitrogen and oxygen atoms in total. The van der Waals surface area contributed by atoms with Crippen molar-refractivity contribution in [3.05, 3.63) is 35.0 Å². The van der Waals surface area contributed by atoms with Crippen LogP contribution in [0.5, 0.6) is 0 Å². The molecule has 0 spiro atoms. The predicted octanol–water partition coefficient (Wildman–Crippen LogP) is 2.52. The molecule has 0 radical (unpaired) electrons. The molecular formula is C19H27ClN4O2. The Bertz CT molecular complexity index is 753. The monoisotopic (exact) mass is 378 g/mol. The van der Waals surface area contributed by atoms with Crippen LogP contribution in [0.3, 0.4) is 0 Å². The maximum Gasteiger partial charge on any atom is 0.325 e. The molecule has 1 aromatic carbocycles. The summed E-state index contributed by atoms with van der Waals surface area (Å²) in [7, 11) is 4.17. The van der Waals surface area contributed by atoms with E-state index >= 15 is 0 Å². The summed E-state index contributed by atoms with van der Waals surface area (Å²) in [6.45, 7) is 5.46. The van der Waals surface area contributed by atoms with Gasteiger partial charge in [0.05, 0.1) is 0 Å². The Kier molecular flexibility index (Phi) is 6.19. The van der Waals surface area contributed by atoms with Gasteiger partial charge in [0, 0.05) is 53.9 Å². The molecule has 2 aromatic rings. The smallest absolute Gasteiger partial charge is 0.325 e. The van der Waals surface area contributed by atoms with Crippen molar-refractivity contribution in [3.63, 3.8) is 0 Å². The summed E-state index contributed by atoms with van der Waals surface area (Å²) in [6, 6.07) is 4.90. The number of hydrogen-bond donors (Lipinski definition) is 2. The van der Waals surface area contributed by atoms with Crippen LogP contribution >= 0.6 is 11.6 Å². The van der Waals surface area contributed by atoms with Gasteiger partial charge in [0.1, 0.15) is 6.04 Å². The zero-order valence-corrected chi connectivity index (χ0v) is 16.2. The molecule has 1 fully saturated rings. The molecule has 2 heterocycles. The molecule has 1 aliphatic heterocycles. The third kappa shape index (κ3) is 4.38. The molecule has 26 heavy (non-hydrogen) atoms. The summed E-state index contributed by atoms with van der Waals surface area (Å²) < 4.78 is 0. The quantitative estimate of drug-likeness (QED) is 0.775. The van der Waals surface area contributed by atoms with Crippen LogP contribution < -0.4 is 0 Å². The van der Waals surface area contributed by atoms with Crippen LogP contribution in [0.25, 0.3) is 10.9 Å². The minimum absolute atomic E-state index is 0.619. The van der Waals surface area contributed by atoms with Crippen LogP contribution in [0.15, 0.2) is 24.4 Å². The number of piperazine rings is 1. The molecule has 142 valence electrons. The van der Waals surface area contributed by atoms with Gasteiger partial charge < -0.3 is 19.9 Å². The first-order valence-corrected chi connectivity index (χ1v) is 9.44. The van der Waals surface area contributed by atoms with Gasteiger partial charge in [-0.25, -0.2) is 0 Å². The maximum atomic E-state index is 12.0. The van der Waals surface area contributed by atoms with E-state index < -0.39 is 12.0 Å². The lowest BCUT2D eigenvalue weighted by Crippen LogP contribution is -2.49. The fourth-order valence-electron chi connectivity index (χ4n) is 3.68. The minimum Gasteiger partial charge on any atom is -0.480 e. The molecule has 1 saturated heterocycles. The van der Waals surface area contributed by atoms with Gasteiger partial charge in [-0.2, -0.15) is 0 Å². The lowest BCUT2D eigenvalue weighted by atomic mass is 10.0. The molecule has 0 aliphatic carbocycles. The van der Waals surface area contributed by atoms with Crippen LogP contribution in [-0.4, -0.2) is 84.1 Å². The third-order valence-electron chi connectivity index (χ3n) is 5.06. The number of nitrogens with zero attached hydrogens (tertiary/aromatic N) is 3. The maximum absolute atomic E-state index is 12.0. The fourth-order valence-corrected chi connectivity index (χ4v) is 3.85. The van der Waals surface area contributed by atoms with Crippen LogP contribution in [0.2, 0.25) is 5.02 Å². The number of aliphatic carboxylic acids is 1. The topological polar surface area (TPSA) is 62.8 Å². The van der Waals surface area contributed by atoms with Crippen LogP contribution in [0.4, 0.5) is 0 Å². The summed E-state index contributed by atoms with van der Waals surface area (Å²) in [5.41, 5.74) is 1.70. The average Bonchev–Trinajstić information content (AvgIpc) is 2.99. The van der Waals surface area contributed by atoms with Crippen LogP contribution in [0.1, 0.15) is 18.0 Å². The molecule has 1 atom stereocenters. The number of H-pyrrole nitrogens is 1. The summed E-state index contributed by atoms with van der Waals surface area (Å²) in [5, 5.41) is 11.4. The number of rotatable bonds is 7. The van der Waals surface area contributed by atoms with Gasteiger partial charge in [-0.05, 0) is 51.8 Å². The van der Waals surface area contributed by atoms with E-state index in [0.717, 1.165) is 62.2 Å². The lowest BCUT2D eigenvalue weighted by molar-refractivity contribution is -0.144. The molecule has 0 amide bonds. The number of halogens is 1. The molecule has 1 aliphatic rings. The van der Waals surface area contributed by atoms with Gasteiger partial charge in [-0.3, -0.25) is 9.69 Å². The Labute approximate surface area is 159 Å². The molecule has 3 rings (SSSR count). The first-order valence-electron chi connectivity index (χ1n) is 9.06. The average molecular weight is 379 g/mol. The van der Waals surface area contributed by atoms with Gasteiger partial charge in [0.2, 0.25) is 0 Å². The normalized spacial score (nSPS) is 17.8. The van der Waals surface area contributed by atoms with Gasteiger partial charge in [0.25, 0.3) is 0 Å².